The fourth-order valence-corrected chi connectivity index (χ4v) is 2.13. The molecule has 0 saturated carbocycles. The maximum Gasteiger partial charge on any atom is 0.246 e. The second-order valence-electron chi connectivity index (χ2n) is 4.43. The van der Waals surface area contributed by atoms with Crippen LogP contribution in [0.4, 0.5) is 5.69 Å². The number of nitrogens with zero attached hydrogens (tertiary/aromatic N) is 2. The minimum atomic E-state index is -0.405. The largest absolute Gasteiger partial charge is 0.314 e. The van der Waals surface area contributed by atoms with Gasteiger partial charge in [0.15, 0.2) is 0 Å². The van der Waals surface area contributed by atoms with E-state index in [0.717, 1.165) is 25.1 Å². The normalized spacial score (nSPS) is 24.4. The number of hydrogen-bond donors (Lipinski definition) is 1. The lowest BCUT2D eigenvalue weighted by molar-refractivity contribution is -0.123. The van der Waals surface area contributed by atoms with E-state index in [1.54, 1.807) is 17.3 Å². The highest BCUT2D eigenvalue weighted by molar-refractivity contribution is 5.99. The van der Waals surface area contributed by atoms with Crippen LogP contribution >= 0.6 is 0 Å². The highest BCUT2D eigenvalue weighted by Gasteiger charge is 2.38. The molecule has 1 aliphatic rings. The molecule has 86 valence electrons. The zero-order valence-corrected chi connectivity index (χ0v) is 9.73. The first-order valence-electron chi connectivity index (χ1n) is 5.57. The van der Waals surface area contributed by atoms with E-state index in [4.69, 9.17) is 0 Å². The van der Waals surface area contributed by atoms with E-state index in [-0.39, 0.29) is 5.91 Å². The van der Waals surface area contributed by atoms with Crippen molar-refractivity contribution >= 4 is 11.6 Å². The number of nitrogens with one attached hydrogen (secondary N) is 1. The second kappa shape index (κ2) is 4.22. The van der Waals surface area contributed by atoms with Gasteiger partial charge in [-0.15, -0.1) is 0 Å². The van der Waals surface area contributed by atoms with Crippen molar-refractivity contribution in [3.63, 3.8) is 0 Å². The number of hydrogen-bond acceptors (Lipinski definition) is 3. The Bertz CT molecular complexity index is 371. The van der Waals surface area contributed by atoms with Crippen LogP contribution in [0.3, 0.4) is 0 Å². The number of anilines is 1. The number of pyridine rings is 1. The Labute approximate surface area is 95.7 Å². The summed E-state index contributed by atoms with van der Waals surface area (Å²) in [6, 6.07) is 3.69. The molecule has 2 heterocycles. The highest BCUT2D eigenvalue weighted by Crippen LogP contribution is 2.23. The van der Waals surface area contributed by atoms with E-state index in [2.05, 4.69) is 10.3 Å². The van der Waals surface area contributed by atoms with Gasteiger partial charge in [0.2, 0.25) is 5.91 Å². The molecule has 4 nitrogen and oxygen atoms in total. The second-order valence-corrected chi connectivity index (χ2v) is 4.43. The summed E-state index contributed by atoms with van der Waals surface area (Å²) >= 11 is 0. The number of carbonyl (C=O) groups excluding carboxylic acids is 1. The lowest BCUT2D eigenvalue weighted by atomic mass is 9.98. The molecule has 1 N–H and O–H groups in total. The molecule has 2 rings (SSSR count). The molecule has 4 heteroatoms. The first kappa shape index (κ1) is 11.1. The van der Waals surface area contributed by atoms with E-state index in [9.17, 15) is 4.79 Å². The minimum Gasteiger partial charge on any atom is -0.314 e. The number of amides is 1. The molecule has 1 aliphatic heterocycles. The van der Waals surface area contributed by atoms with Crippen molar-refractivity contribution < 1.29 is 4.79 Å². The molecule has 16 heavy (non-hydrogen) atoms. The Balaban J connectivity index is 2.16. The van der Waals surface area contributed by atoms with Crippen molar-refractivity contribution in [2.75, 3.05) is 18.5 Å². The third-order valence-electron chi connectivity index (χ3n) is 3.20. The molecule has 0 spiro atoms. The van der Waals surface area contributed by atoms with Crippen molar-refractivity contribution in [3.8, 4) is 0 Å². The molecular weight excluding hydrogens is 202 g/mol. The quantitative estimate of drug-likeness (QED) is 0.812. The van der Waals surface area contributed by atoms with Crippen LogP contribution in [-0.4, -0.2) is 30.0 Å². The van der Waals surface area contributed by atoms with Gasteiger partial charge in [0.25, 0.3) is 0 Å². The Kier molecular flexibility index (Phi) is 2.92. The van der Waals surface area contributed by atoms with Gasteiger partial charge >= 0.3 is 0 Å². The fraction of sp³-hybridized carbons (Fsp3) is 0.500. The van der Waals surface area contributed by atoms with Crippen molar-refractivity contribution in [1.29, 1.82) is 0 Å². The Hall–Kier alpha value is -1.42. The highest BCUT2D eigenvalue weighted by atomic mass is 16.2. The Morgan fingerprint density at radius 3 is 2.75 bits per heavy atom. The van der Waals surface area contributed by atoms with Gasteiger partial charge in [-0.2, -0.15) is 0 Å². The molecule has 1 saturated heterocycles. The molecule has 1 aromatic rings. The third kappa shape index (κ3) is 1.93. The first-order valence-corrected chi connectivity index (χ1v) is 5.57. The summed E-state index contributed by atoms with van der Waals surface area (Å²) in [5, 5.41) is 3.28. The Morgan fingerprint density at radius 2 is 2.19 bits per heavy atom. The van der Waals surface area contributed by atoms with Gasteiger partial charge in [-0.25, -0.2) is 0 Å². The SMILES string of the molecule is CN(C(=O)C1(C)CCCN1)c1ccncc1. The lowest BCUT2D eigenvalue weighted by Crippen LogP contribution is -2.51. The summed E-state index contributed by atoms with van der Waals surface area (Å²) in [6.07, 6.45) is 5.36. The van der Waals surface area contributed by atoms with Crippen LogP contribution in [-0.2, 0) is 4.79 Å². The van der Waals surface area contributed by atoms with Crippen LogP contribution < -0.4 is 10.2 Å². The summed E-state index contributed by atoms with van der Waals surface area (Å²) in [7, 11) is 1.81. The van der Waals surface area contributed by atoms with E-state index in [1.807, 2.05) is 26.1 Å². The van der Waals surface area contributed by atoms with Crippen molar-refractivity contribution in [1.82, 2.24) is 10.3 Å². The van der Waals surface area contributed by atoms with Crippen LogP contribution in [0.25, 0.3) is 0 Å². The van der Waals surface area contributed by atoms with Crippen LogP contribution in [0.2, 0.25) is 0 Å². The van der Waals surface area contributed by atoms with E-state index in [0.29, 0.717) is 0 Å². The zero-order chi connectivity index (χ0) is 11.6. The van der Waals surface area contributed by atoms with Gasteiger partial charge in [-0.1, -0.05) is 0 Å². The predicted octanol–water partition coefficient (Wildman–Crippen LogP) is 1.19. The fourth-order valence-electron chi connectivity index (χ4n) is 2.13. The molecule has 1 unspecified atom stereocenters. The van der Waals surface area contributed by atoms with Gasteiger partial charge < -0.3 is 10.2 Å². The molecule has 1 amide bonds. The summed E-state index contributed by atoms with van der Waals surface area (Å²) in [5.41, 5.74) is 0.479. The smallest absolute Gasteiger partial charge is 0.246 e. The van der Waals surface area contributed by atoms with Crippen molar-refractivity contribution in [3.05, 3.63) is 24.5 Å². The molecule has 1 fully saturated rings. The van der Waals surface area contributed by atoms with Crippen molar-refractivity contribution in [2.45, 2.75) is 25.3 Å². The summed E-state index contributed by atoms with van der Waals surface area (Å²) in [6.45, 7) is 2.90. The predicted molar refractivity (Wildman–Crippen MR) is 63.3 cm³/mol. The maximum absolute atomic E-state index is 12.3. The molecule has 1 atom stereocenters. The number of aromatic nitrogens is 1. The standard InChI is InChI=1S/C12H17N3O/c1-12(6-3-7-14-12)11(16)15(2)10-4-8-13-9-5-10/h4-5,8-9,14H,3,6-7H2,1-2H3. The van der Waals surface area contributed by atoms with Crippen LogP contribution in [0.5, 0.6) is 0 Å². The van der Waals surface area contributed by atoms with E-state index < -0.39 is 5.54 Å². The monoisotopic (exact) mass is 219 g/mol. The van der Waals surface area contributed by atoms with E-state index >= 15 is 0 Å². The molecule has 0 aliphatic carbocycles. The lowest BCUT2D eigenvalue weighted by Gasteiger charge is -2.29. The minimum absolute atomic E-state index is 0.121. The molecule has 1 aromatic heterocycles. The number of carbonyl (C=O) groups is 1. The molecular formula is C12H17N3O. The number of rotatable bonds is 2. The van der Waals surface area contributed by atoms with Crippen LogP contribution in [0.1, 0.15) is 19.8 Å². The Morgan fingerprint density at radius 1 is 1.50 bits per heavy atom. The van der Waals surface area contributed by atoms with Gasteiger partial charge in [-0.05, 0) is 38.4 Å². The van der Waals surface area contributed by atoms with Gasteiger partial charge in [0.1, 0.15) is 0 Å². The van der Waals surface area contributed by atoms with Gasteiger partial charge in [0.05, 0.1) is 5.54 Å². The first-order chi connectivity index (χ1) is 7.63. The summed E-state index contributed by atoms with van der Waals surface area (Å²) in [5.74, 6) is 0.121. The van der Waals surface area contributed by atoms with E-state index in [1.165, 1.54) is 0 Å². The molecule has 0 aromatic carbocycles. The summed E-state index contributed by atoms with van der Waals surface area (Å²) < 4.78 is 0. The zero-order valence-electron chi connectivity index (χ0n) is 9.73. The van der Waals surface area contributed by atoms with Crippen molar-refractivity contribution in [2.24, 2.45) is 0 Å². The molecule has 0 radical (unpaired) electrons. The maximum atomic E-state index is 12.3. The van der Waals surface area contributed by atoms with Gasteiger partial charge in [-0.3, -0.25) is 9.78 Å². The van der Waals surface area contributed by atoms with Gasteiger partial charge in [0, 0.05) is 25.1 Å². The summed E-state index contributed by atoms with van der Waals surface area (Å²) in [4.78, 5) is 18.0. The third-order valence-corrected chi connectivity index (χ3v) is 3.20. The number of likely N-dealkylation sites (N-methyl/N-ethyl adjacent to an activating group) is 1. The van der Waals surface area contributed by atoms with Crippen LogP contribution in [0, 0.1) is 0 Å². The van der Waals surface area contributed by atoms with Crippen LogP contribution in [0.15, 0.2) is 24.5 Å². The average Bonchev–Trinajstić information content (AvgIpc) is 2.77. The topological polar surface area (TPSA) is 45.2 Å². The average molecular weight is 219 g/mol. The molecule has 0 bridgehead atoms.